The predicted molar refractivity (Wildman–Crippen MR) is 106 cm³/mol. The Bertz CT molecular complexity index is 1060. The van der Waals surface area contributed by atoms with Crippen molar-refractivity contribution in [1.82, 2.24) is 14.6 Å². The molecule has 2 aromatic rings. The number of hydrogen-bond acceptors (Lipinski definition) is 7. The molecule has 1 aliphatic rings. The van der Waals surface area contributed by atoms with Crippen LogP contribution in [0.5, 0.6) is 0 Å². The van der Waals surface area contributed by atoms with Gasteiger partial charge in [-0.25, -0.2) is 17.9 Å². The lowest BCUT2D eigenvalue weighted by Crippen LogP contribution is -2.30. The first-order valence-electron chi connectivity index (χ1n) is 8.68. The second-order valence-electron chi connectivity index (χ2n) is 8.32. The molecule has 9 heteroatoms. The van der Waals surface area contributed by atoms with Crippen molar-refractivity contribution in [2.45, 2.75) is 64.2 Å². The topological polar surface area (TPSA) is 105 Å². The summed E-state index contributed by atoms with van der Waals surface area (Å²) in [5, 5.41) is 25.5. The summed E-state index contributed by atoms with van der Waals surface area (Å²) in [5.74, 6) is -0.505. The fraction of sp³-hybridized carbons (Fsp3) is 0.556. The van der Waals surface area contributed by atoms with Gasteiger partial charge in [-0.1, -0.05) is 17.4 Å². The second kappa shape index (κ2) is 6.15. The van der Waals surface area contributed by atoms with E-state index in [1.807, 2.05) is 6.92 Å². The lowest BCUT2D eigenvalue weighted by molar-refractivity contribution is 0.0772. The van der Waals surface area contributed by atoms with Crippen molar-refractivity contribution in [1.29, 1.82) is 0 Å². The molecule has 0 bridgehead atoms. The SMILES string of the molecule is Cc1nc2sc(C(C)(C)O)nn2c1C1C=C(S(=O)(=O)C(C)(C)C)C(O)=CC1. The van der Waals surface area contributed by atoms with Gasteiger partial charge in [-0.15, -0.1) is 0 Å². The maximum absolute atomic E-state index is 12.9. The van der Waals surface area contributed by atoms with E-state index in [1.165, 1.54) is 17.4 Å². The second-order valence-corrected chi connectivity index (χ2v) is 11.9. The number of hydrogen-bond donors (Lipinski definition) is 2. The molecule has 1 aliphatic carbocycles. The molecule has 0 spiro atoms. The molecule has 27 heavy (non-hydrogen) atoms. The van der Waals surface area contributed by atoms with Crippen LogP contribution in [-0.4, -0.2) is 38.0 Å². The van der Waals surface area contributed by atoms with E-state index in [4.69, 9.17) is 0 Å². The minimum atomic E-state index is -3.70. The van der Waals surface area contributed by atoms with Gasteiger partial charge in [0.25, 0.3) is 0 Å². The summed E-state index contributed by atoms with van der Waals surface area (Å²) in [5.41, 5.74) is 0.430. The molecule has 0 saturated carbocycles. The summed E-state index contributed by atoms with van der Waals surface area (Å²) in [4.78, 5) is 5.11. The number of aryl methyl sites for hydroxylation is 1. The number of nitrogens with zero attached hydrogens (tertiary/aromatic N) is 3. The molecular formula is C18H25N3O4S2. The average Bonchev–Trinajstić information content (AvgIpc) is 3.03. The van der Waals surface area contributed by atoms with Crippen molar-refractivity contribution in [2.75, 3.05) is 0 Å². The maximum Gasteiger partial charge on any atom is 0.212 e. The molecule has 0 saturated heterocycles. The molecule has 2 aromatic heterocycles. The van der Waals surface area contributed by atoms with Crippen LogP contribution in [0.4, 0.5) is 0 Å². The van der Waals surface area contributed by atoms with E-state index in [0.29, 0.717) is 16.4 Å². The molecule has 1 unspecified atom stereocenters. The first-order valence-corrected chi connectivity index (χ1v) is 11.0. The van der Waals surface area contributed by atoms with Gasteiger partial charge in [0.15, 0.2) is 9.84 Å². The van der Waals surface area contributed by atoms with Crippen molar-refractivity contribution in [3.05, 3.63) is 39.2 Å². The molecule has 0 amide bonds. The van der Waals surface area contributed by atoms with Crippen LogP contribution in [0.3, 0.4) is 0 Å². The average molecular weight is 412 g/mol. The molecule has 1 atom stereocenters. The van der Waals surface area contributed by atoms with Crippen molar-refractivity contribution in [3.8, 4) is 0 Å². The monoisotopic (exact) mass is 411 g/mol. The molecule has 0 fully saturated rings. The summed E-state index contributed by atoms with van der Waals surface area (Å²) < 4.78 is 26.4. The summed E-state index contributed by atoms with van der Waals surface area (Å²) in [6.45, 7) is 10.00. The van der Waals surface area contributed by atoms with Gasteiger partial charge in [0.2, 0.25) is 4.96 Å². The van der Waals surface area contributed by atoms with Gasteiger partial charge < -0.3 is 10.2 Å². The Balaban J connectivity index is 2.15. The van der Waals surface area contributed by atoms with E-state index in [2.05, 4.69) is 10.1 Å². The Hall–Kier alpha value is -1.71. The third kappa shape index (κ3) is 3.32. The lowest BCUT2D eigenvalue weighted by Gasteiger charge is -2.25. The fourth-order valence-corrected chi connectivity index (χ4v) is 5.28. The van der Waals surface area contributed by atoms with E-state index < -0.39 is 20.2 Å². The van der Waals surface area contributed by atoms with Crippen LogP contribution in [0.1, 0.15) is 63.4 Å². The molecule has 3 rings (SSSR count). The van der Waals surface area contributed by atoms with Gasteiger partial charge in [-0.05, 0) is 54.0 Å². The van der Waals surface area contributed by atoms with Gasteiger partial charge in [0, 0.05) is 5.92 Å². The molecule has 0 aromatic carbocycles. The zero-order valence-corrected chi connectivity index (χ0v) is 17.9. The summed E-state index contributed by atoms with van der Waals surface area (Å²) in [6, 6.07) is 0. The molecular weight excluding hydrogens is 386 g/mol. The molecule has 2 heterocycles. The van der Waals surface area contributed by atoms with Gasteiger partial charge in [0.05, 0.1) is 16.1 Å². The van der Waals surface area contributed by atoms with Gasteiger partial charge in [-0.3, -0.25) is 0 Å². The largest absolute Gasteiger partial charge is 0.507 e. The van der Waals surface area contributed by atoms with Crippen LogP contribution < -0.4 is 0 Å². The number of allylic oxidation sites excluding steroid dienone is 2. The Morgan fingerprint density at radius 1 is 1.26 bits per heavy atom. The first-order chi connectivity index (χ1) is 12.2. The molecule has 0 radical (unpaired) electrons. The standard InChI is InChI=1S/C18H25N3O4S2/c1-10-14(21-16(19-10)26-15(20-21)18(5,6)23)11-7-8-12(22)13(9-11)27(24,25)17(2,3)4/h8-9,11,22-23H,7H2,1-6H3. The van der Waals surface area contributed by atoms with E-state index in [1.54, 1.807) is 45.2 Å². The predicted octanol–water partition coefficient (Wildman–Crippen LogP) is 3.35. The minimum absolute atomic E-state index is 0.0569. The Labute approximate surface area is 163 Å². The zero-order chi connectivity index (χ0) is 20.4. The Morgan fingerprint density at radius 3 is 2.44 bits per heavy atom. The molecule has 7 nitrogen and oxygen atoms in total. The summed E-state index contributed by atoms with van der Waals surface area (Å²) in [7, 11) is -3.70. The van der Waals surface area contributed by atoms with Crippen LogP contribution in [0, 0.1) is 6.92 Å². The molecule has 2 N–H and O–H groups in total. The van der Waals surface area contributed by atoms with E-state index in [-0.39, 0.29) is 16.6 Å². The van der Waals surface area contributed by atoms with E-state index >= 15 is 0 Å². The highest BCUT2D eigenvalue weighted by atomic mass is 32.2. The number of fused-ring (bicyclic) bond motifs is 1. The zero-order valence-electron chi connectivity index (χ0n) is 16.3. The number of aromatic nitrogens is 3. The highest BCUT2D eigenvalue weighted by Gasteiger charge is 2.37. The first kappa shape index (κ1) is 20.0. The number of aliphatic hydroxyl groups is 2. The van der Waals surface area contributed by atoms with Crippen molar-refractivity contribution in [2.24, 2.45) is 0 Å². The van der Waals surface area contributed by atoms with Crippen LogP contribution in [0.25, 0.3) is 4.96 Å². The van der Waals surface area contributed by atoms with Crippen LogP contribution in [0.15, 0.2) is 22.8 Å². The highest BCUT2D eigenvalue weighted by Crippen LogP contribution is 2.38. The van der Waals surface area contributed by atoms with Crippen LogP contribution >= 0.6 is 11.3 Å². The smallest absolute Gasteiger partial charge is 0.212 e. The van der Waals surface area contributed by atoms with Gasteiger partial charge in [-0.2, -0.15) is 5.10 Å². The van der Waals surface area contributed by atoms with E-state index in [0.717, 1.165) is 11.4 Å². The van der Waals surface area contributed by atoms with Gasteiger partial charge >= 0.3 is 0 Å². The fourth-order valence-electron chi connectivity index (χ4n) is 2.96. The number of sulfone groups is 1. The Morgan fingerprint density at radius 2 is 1.89 bits per heavy atom. The van der Waals surface area contributed by atoms with Crippen molar-refractivity contribution < 1.29 is 18.6 Å². The molecule has 0 aliphatic heterocycles. The van der Waals surface area contributed by atoms with Crippen molar-refractivity contribution >= 4 is 26.1 Å². The highest BCUT2D eigenvalue weighted by molar-refractivity contribution is 7.96. The summed E-state index contributed by atoms with van der Waals surface area (Å²) >= 11 is 1.30. The maximum atomic E-state index is 12.9. The number of rotatable bonds is 3. The van der Waals surface area contributed by atoms with Gasteiger partial charge in [0.1, 0.15) is 21.3 Å². The van der Waals surface area contributed by atoms with Crippen molar-refractivity contribution in [3.63, 3.8) is 0 Å². The number of aliphatic hydroxyl groups excluding tert-OH is 1. The Kier molecular flexibility index (Phi) is 4.56. The third-order valence-electron chi connectivity index (χ3n) is 4.56. The van der Waals surface area contributed by atoms with Crippen LogP contribution in [0.2, 0.25) is 0 Å². The quantitative estimate of drug-likeness (QED) is 0.802. The third-order valence-corrected chi connectivity index (χ3v) is 8.32. The number of imidazole rings is 1. The summed E-state index contributed by atoms with van der Waals surface area (Å²) in [6.07, 6.45) is 3.57. The molecule has 148 valence electrons. The van der Waals surface area contributed by atoms with E-state index in [9.17, 15) is 18.6 Å². The lowest BCUT2D eigenvalue weighted by atomic mass is 9.95. The minimum Gasteiger partial charge on any atom is -0.507 e. The normalized spacial score (nSPS) is 19.3. The van der Waals surface area contributed by atoms with Crippen LogP contribution in [-0.2, 0) is 15.4 Å².